The number of carbonyl (C=O) groups is 1. The molecule has 1 N–H and O–H groups in total. The van der Waals surface area contributed by atoms with Crippen LogP contribution in [-0.2, 0) is 6.54 Å². The van der Waals surface area contributed by atoms with Crippen LogP contribution in [-0.4, -0.2) is 20.9 Å². The molecular formula is C14H12N4OS2. The molecule has 5 nitrogen and oxygen atoms in total. The Bertz CT molecular complexity index is 752. The summed E-state index contributed by atoms with van der Waals surface area (Å²) in [4.78, 5) is 25.5. The highest BCUT2D eigenvalue weighted by Crippen LogP contribution is 2.22. The minimum Gasteiger partial charge on any atom is -0.346 e. The molecule has 21 heavy (non-hydrogen) atoms. The van der Waals surface area contributed by atoms with Crippen molar-refractivity contribution in [1.82, 2.24) is 20.3 Å². The molecule has 0 bridgehead atoms. The maximum absolute atomic E-state index is 12.1. The lowest BCUT2D eigenvalue weighted by molar-refractivity contribution is 0.0953. The quantitative estimate of drug-likeness (QED) is 0.803. The summed E-state index contributed by atoms with van der Waals surface area (Å²) in [5, 5.41) is 6.89. The maximum Gasteiger partial charge on any atom is 0.263 e. The first-order valence-electron chi connectivity index (χ1n) is 6.26. The van der Waals surface area contributed by atoms with E-state index in [9.17, 15) is 4.79 Å². The summed E-state index contributed by atoms with van der Waals surface area (Å²) >= 11 is 2.94. The second-order valence-corrected chi connectivity index (χ2v) is 5.95. The lowest BCUT2D eigenvalue weighted by Gasteiger charge is -2.07. The fraction of sp³-hybridized carbons (Fsp3) is 0.143. The van der Waals surface area contributed by atoms with E-state index in [2.05, 4.69) is 20.3 Å². The van der Waals surface area contributed by atoms with Crippen LogP contribution in [0.2, 0.25) is 0 Å². The number of thiophene rings is 1. The van der Waals surface area contributed by atoms with Gasteiger partial charge in [-0.1, -0.05) is 0 Å². The number of amides is 1. The highest BCUT2D eigenvalue weighted by molar-refractivity contribution is 7.11. The number of nitrogens with one attached hydrogen (secondary N) is 1. The average molecular weight is 316 g/mol. The molecule has 0 saturated heterocycles. The molecule has 0 saturated carbocycles. The van der Waals surface area contributed by atoms with Crippen molar-refractivity contribution in [2.45, 2.75) is 13.5 Å². The predicted octanol–water partition coefficient (Wildman–Crippen LogP) is 2.90. The van der Waals surface area contributed by atoms with Crippen molar-refractivity contribution >= 4 is 28.6 Å². The highest BCUT2D eigenvalue weighted by Gasteiger charge is 2.13. The summed E-state index contributed by atoms with van der Waals surface area (Å²) in [5.74, 6) is -0.128. The summed E-state index contributed by atoms with van der Waals surface area (Å²) in [6.07, 6.45) is 3.29. The second-order valence-electron chi connectivity index (χ2n) is 4.31. The Labute approximate surface area is 129 Å². The zero-order chi connectivity index (χ0) is 14.7. The number of nitrogens with zero attached hydrogens (tertiary/aromatic N) is 3. The van der Waals surface area contributed by atoms with E-state index < -0.39 is 0 Å². The van der Waals surface area contributed by atoms with E-state index in [4.69, 9.17) is 0 Å². The van der Waals surface area contributed by atoms with Gasteiger partial charge in [-0.3, -0.25) is 14.8 Å². The first kappa shape index (κ1) is 13.8. The van der Waals surface area contributed by atoms with Gasteiger partial charge in [0.25, 0.3) is 5.91 Å². The van der Waals surface area contributed by atoms with E-state index in [0.717, 1.165) is 22.6 Å². The molecule has 0 atom stereocenters. The first-order chi connectivity index (χ1) is 10.3. The molecule has 0 unspecified atom stereocenters. The van der Waals surface area contributed by atoms with Gasteiger partial charge in [-0.2, -0.15) is 11.3 Å². The zero-order valence-electron chi connectivity index (χ0n) is 11.2. The number of aryl methyl sites for hydroxylation is 1. The number of thiazole rings is 1. The third kappa shape index (κ3) is 2.98. The van der Waals surface area contributed by atoms with E-state index in [-0.39, 0.29) is 5.91 Å². The van der Waals surface area contributed by atoms with Crippen LogP contribution >= 0.6 is 22.7 Å². The van der Waals surface area contributed by atoms with Crippen LogP contribution < -0.4 is 5.32 Å². The monoisotopic (exact) mass is 316 g/mol. The molecule has 0 aliphatic rings. The third-order valence-electron chi connectivity index (χ3n) is 2.94. The van der Waals surface area contributed by atoms with Crippen LogP contribution in [0.25, 0.3) is 11.3 Å². The van der Waals surface area contributed by atoms with E-state index in [1.807, 2.05) is 23.8 Å². The molecule has 3 rings (SSSR count). The van der Waals surface area contributed by atoms with Crippen LogP contribution in [0.1, 0.15) is 21.1 Å². The Hall–Kier alpha value is -2.12. The molecule has 0 fully saturated rings. The molecular weight excluding hydrogens is 304 g/mol. The summed E-state index contributed by atoms with van der Waals surface area (Å²) in [7, 11) is 0. The van der Waals surface area contributed by atoms with Crippen LogP contribution in [0.3, 0.4) is 0 Å². The van der Waals surface area contributed by atoms with Crippen LogP contribution in [0.5, 0.6) is 0 Å². The molecule has 7 heteroatoms. The summed E-state index contributed by atoms with van der Waals surface area (Å²) in [6.45, 7) is 2.17. The van der Waals surface area contributed by atoms with Gasteiger partial charge in [0, 0.05) is 23.3 Å². The fourth-order valence-electron chi connectivity index (χ4n) is 1.90. The van der Waals surface area contributed by atoms with Crippen molar-refractivity contribution in [2.75, 3.05) is 0 Å². The van der Waals surface area contributed by atoms with Crippen molar-refractivity contribution in [3.05, 3.63) is 51.0 Å². The Morgan fingerprint density at radius 3 is 2.86 bits per heavy atom. The molecule has 0 spiro atoms. The molecule has 0 aromatic carbocycles. The minimum absolute atomic E-state index is 0.128. The largest absolute Gasteiger partial charge is 0.346 e. The zero-order valence-corrected chi connectivity index (χ0v) is 12.9. The highest BCUT2D eigenvalue weighted by atomic mass is 32.1. The van der Waals surface area contributed by atoms with Crippen molar-refractivity contribution in [1.29, 1.82) is 0 Å². The predicted molar refractivity (Wildman–Crippen MR) is 83.4 cm³/mol. The van der Waals surface area contributed by atoms with Gasteiger partial charge in [-0.25, -0.2) is 4.98 Å². The van der Waals surface area contributed by atoms with Gasteiger partial charge in [-0.15, -0.1) is 11.3 Å². The van der Waals surface area contributed by atoms with E-state index in [1.165, 1.54) is 11.3 Å². The molecule has 3 heterocycles. The van der Waals surface area contributed by atoms with Gasteiger partial charge in [0.1, 0.15) is 4.88 Å². The van der Waals surface area contributed by atoms with E-state index in [0.29, 0.717) is 11.4 Å². The molecule has 1 amide bonds. The molecule has 0 aliphatic heterocycles. The number of hydrogen-bond acceptors (Lipinski definition) is 6. The molecule has 3 aromatic rings. The SMILES string of the molecule is Cc1ncsc1C(=O)NCc1nccnc1-c1ccsc1. The lowest BCUT2D eigenvalue weighted by Crippen LogP contribution is -2.23. The van der Waals surface area contributed by atoms with Gasteiger partial charge in [0.2, 0.25) is 0 Å². The van der Waals surface area contributed by atoms with E-state index in [1.54, 1.807) is 29.2 Å². The van der Waals surface area contributed by atoms with Crippen LogP contribution in [0, 0.1) is 6.92 Å². The van der Waals surface area contributed by atoms with Gasteiger partial charge >= 0.3 is 0 Å². The van der Waals surface area contributed by atoms with E-state index >= 15 is 0 Å². The molecule has 0 radical (unpaired) electrons. The number of rotatable bonds is 4. The number of hydrogen-bond donors (Lipinski definition) is 1. The molecule has 0 aliphatic carbocycles. The van der Waals surface area contributed by atoms with Crippen molar-refractivity contribution in [2.24, 2.45) is 0 Å². The number of aromatic nitrogens is 3. The second kappa shape index (κ2) is 6.11. The maximum atomic E-state index is 12.1. The fourth-order valence-corrected chi connectivity index (χ4v) is 3.26. The Balaban J connectivity index is 1.77. The summed E-state index contributed by atoms with van der Waals surface area (Å²) < 4.78 is 0. The average Bonchev–Trinajstić information content (AvgIpc) is 3.16. The Morgan fingerprint density at radius 1 is 1.29 bits per heavy atom. The van der Waals surface area contributed by atoms with Crippen LogP contribution in [0.15, 0.2) is 34.7 Å². The topological polar surface area (TPSA) is 67.8 Å². The van der Waals surface area contributed by atoms with Crippen molar-refractivity contribution in [3.63, 3.8) is 0 Å². The minimum atomic E-state index is -0.128. The summed E-state index contributed by atoms with van der Waals surface area (Å²) in [5.41, 5.74) is 5.00. The lowest BCUT2D eigenvalue weighted by atomic mass is 10.2. The first-order valence-corrected chi connectivity index (χ1v) is 8.08. The normalized spacial score (nSPS) is 10.5. The smallest absolute Gasteiger partial charge is 0.263 e. The van der Waals surface area contributed by atoms with Crippen molar-refractivity contribution < 1.29 is 4.79 Å². The Kier molecular flexibility index (Phi) is 4.03. The van der Waals surface area contributed by atoms with Gasteiger partial charge in [0.15, 0.2) is 0 Å². The van der Waals surface area contributed by atoms with Gasteiger partial charge < -0.3 is 5.32 Å². The van der Waals surface area contributed by atoms with Crippen molar-refractivity contribution in [3.8, 4) is 11.3 Å². The Morgan fingerprint density at radius 2 is 2.14 bits per heavy atom. The number of carbonyl (C=O) groups excluding carboxylic acids is 1. The third-order valence-corrected chi connectivity index (χ3v) is 4.55. The summed E-state index contributed by atoms with van der Waals surface area (Å²) in [6, 6.07) is 1.99. The standard InChI is InChI=1S/C14H12N4OS2/c1-9-13(21-8-18-9)14(19)17-6-11-12(16-4-3-15-11)10-2-5-20-7-10/h2-5,7-8H,6H2,1H3,(H,17,19). The van der Waals surface area contributed by atoms with Crippen LogP contribution in [0.4, 0.5) is 0 Å². The van der Waals surface area contributed by atoms with Gasteiger partial charge in [0.05, 0.1) is 29.1 Å². The molecule has 106 valence electrons. The molecule has 3 aromatic heterocycles. The van der Waals surface area contributed by atoms with Gasteiger partial charge in [-0.05, 0) is 18.4 Å².